The van der Waals surface area contributed by atoms with Crippen molar-refractivity contribution in [2.24, 2.45) is 0 Å². The van der Waals surface area contributed by atoms with E-state index in [9.17, 15) is 12.3 Å². The summed E-state index contributed by atoms with van der Waals surface area (Å²) in [5, 5.41) is -0.221. The fourth-order valence-electron chi connectivity index (χ4n) is 1.29. The van der Waals surface area contributed by atoms with Gasteiger partial charge in [0.15, 0.2) is 16.4 Å². The van der Waals surface area contributed by atoms with Gasteiger partial charge in [-0.15, -0.1) is 3.89 Å². The van der Waals surface area contributed by atoms with E-state index in [1.807, 2.05) is 0 Å². The van der Waals surface area contributed by atoms with E-state index < -0.39 is 15.1 Å². The third-order valence-electron chi connectivity index (χ3n) is 1.86. The smallest absolute Gasteiger partial charge is 0.337 e. The van der Waals surface area contributed by atoms with Crippen LogP contribution in [0.15, 0.2) is 17.0 Å². The van der Waals surface area contributed by atoms with Crippen molar-refractivity contribution in [3.63, 3.8) is 0 Å². The van der Waals surface area contributed by atoms with Gasteiger partial charge in [0.05, 0.1) is 5.02 Å². The summed E-state index contributed by atoms with van der Waals surface area (Å²) in [6.07, 6.45) is 0. The number of halogens is 2. The van der Waals surface area contributed by atoms with Gasteiger partial charge >= 0.3 is 10.2 Å². The molecule has 4 nitrogen and oxygen atoms in total. The topological polar surface area (TPSA) is 52.6 Å². The molecule has 1 aromatic carbocycles. The van der Waals surface area contributed by atoms with Crippen LogP contribution in [-0.2, 0) is 10.2 Å². The van der Waals surface area contributed by atoms with Crippen molar-refractivity contribution < 1.29 is 21.8 Å². The van der Waals surface area contributed by atoms with E-state index in [4.69, 9.17) is 21.1 Å². The lowest BCUT2D eigenvalue weighted by atomic mass is 10.3. The first-order valence-corrected chi connectivity index (χ1v) is 5.79. The molecular formula is C8H6ClFO4S. The van der Waals surface area contributed by atoms with Crippen molar-refractivity contribution >= 4 is 21.8 Å². The minimum Gasteiger partial charge on any atom is -0.486 e. The molecule has 0 amide bonds. The van der Waals surface area contributed by atoms with Crippen molar-refractivity contribution in [2.45, 2.75) is 4.90 Å². The molecule has 7 heteroatoms. The van der Waals surface area contributed by atoms with Crippen LogP contribution in [0, 0.1) is 0 Å². The van der Waals surface area contributed by atoms with Crippen LogP contribution in [-0.4, -0.2) is 21.6 Å². The van der Waals surface area contributed by atoms with Crippen molar-refractivity contribution in [3.8, 4) is 11.5 Å². The Kier molecular flexibility index (Phi) is 2.47. The summed E-state index contributed by atoms with van der Waals surface area (Å²) in [5.74, 6) is 0.0260. The second-order valence-electron chi connectivity index (χ2n) is 2.84. The van der Waals surface area contributed by atoms with E-state index in [0.717, 1.165) is 0 Å². The van der Waals surface area contributed by atoms with Gasteiger partial charge in [-0.3, -0.25) is 0 Å². The van der Waals surface area contributed by atoms with Gasteiger partial charge < -0.3 is 9.47 Å². The van der Waals surface area contributed by atoms with Crippen LogP contribution in [0.25, 0.3) is 0 Å². The van der Waals surface area contributed by atoms with E-state index in [-0.39, 0.29) is 23.1 Å². The van der Waals surface area contributed by atoms with E-state index in [0.29, 0.717) is 6.61 Å². The standard InChI is InChI=1S/C8H6ClFO4S/c9-5-1-2-6-7(14-4-3-13-6)8(5)15(10,11)12/h1-2H,3-4H2. The number of ether oxygens (including phenoxy) is 2. The lowest BCUT2D eigenvalue weighted by Gasteiger charge is -2.20. The second kappa shape index (κ2) is 3.53. The van der Waals surface area contributed by atoms with Crippen molar-refractivity contribution in [2.75, 3.05) is 13.2 Å². The molecule has 0 unspecified atom stereocenters. The molecule has 0 saturated carbocycles. The molecule has 0 fully saturated rings. The van der Waals surface area contributed by atoms with E-state index in [2.05, 4.69) is 0 Å². The maximum absolute atomic E-state index is 12.9. The van der Waals surface area contributed by atoms with Crippen LogP contribution < -0.4 is 9.47 Å². The maximum atomic E-state index is 12.9. The molecule has 1 aliphatic rings. The molecule has 2 rings (SSSR count). The van der Waals surface area contributed by atoms with Gasteiger partial charge in [-0.1, -0.05) is 11.6 Å². The second-order valence-corrected chi connectivity index (χ2v) is 4.53. The van der Waals surface area contributed by atoms with Gasteiger partial charge in [0.2, 0.25) is 0 Å². The molecular weight excluding hydrogens is 247 g/mol. The number of benzene rings is 1. The minimum absolute atomic E-state index is 0.156. The Morgan fingerprint density at radius 1 is 1.27 bits per heavy atom. The quantitative estimate of drug-likeness (QED) is 0.715. The Morgan fingerprint density at radius 2 is 1.93 bits per heavy atom. The molecule has 1 aromatic rings. The van der Waals surface area contributed by atoms with Crippen molar-refractivity contribution in [1.82, 2.24) is 0 Å². The molecule has 0 bridgehead atoms. The Morgan fingerprint density at radius 3 is 2.60 bits per heavy atom. The molecule has 0 spiro atoms. The molecule has 0 atom stereocenters. The Balaban J connectivity index is 2.71. The van der Waals surface area contributed by atoms with Gasteiger partial charge in [-0.05, 0) is 12.1 Å². The van der Waals surface area contributed by atoms with Gasteiger partial charge in [0.25, 0.3) is 0 Å². The molecule has 0 aromatic heterocycles. The highest BCUT2D eigenvalue weighted by atomic mass is 35.5. The zero-order valence-electron chi connectivity index (χ0n) is 7.37. The summed E-state index contributed by atoms with van der Waals surface area (Å²) >= 11 is 5.59. The first-order chi connectivity index (χ1) is 7.00. The van der Waals surface area contributed by atoms with E-state index in [1.165, 1.54) is 12.1 Å². The first kappa shape index (κ1) is 10.5. The van der Waals surface area contributed by atoms with Crippen LogP contribution in [0.5, 0.6) is 11.5 Å². The summed E-state index contributed by atoms with van der Waals surface area (Å²) in [7, 11) is -4.91. The summed E-state index contributed by atoms with van der Waals surface area (Å²) < 4.78 is 44.7. The Hall–Kier alpha value is -1.01. The predicted octanol–water partition coefficient (Wildman–Crippen LogP) is 1.77. The zero-order chi connectivity index (χ0) is 11.1. The fraction of sp³-hybridized carbons (Fsp3) is 0.250. The Labute approximate surface area is 90.8 Å². The molecule has 15 heavy (non-hydrogen) atoms. The number of rotatable bonds is 1. The Bertz CT molecular complexity index is 500. The average Bonchev–Trinajstić information content (AvgIpc) is 2.15. The van der Waals surface area contributed by atoms with Crippen LogP contribution in [0.3, 0.4) is 0 Å². The lowest BCUT2D eigenvalue weighted by molar-refractivity contribution is 0.167. The average molecular weight is 253 g/mol. The molecule has 1 heterocycles. The summed E-state index contributed by atoms with van der Waals surface area (Å²) in [4.78, 5) is -0.665. The monoisotopic (exact) mass is 252 g/mol. The largest absolute Gasteiger partial charge is 0.486 e. The van der Waals surface area contributed by atoms with Gasteiger partial charge in [-0.2, -0.15) is 8.42 Å². The van der Waals surface area contributed by atoms with Crippen molar-refractivity contribution in [3.05, 3.63) is 17.2 Å². The number of hydrogen-bond donors (Lipinski definition) is 0. The molecule has 0 aliphatic carbocycles. The van der Waals surface area contributed by atoms with Crippen molar-refractivity contribution in [1.29, 1.82) is 0 Å². The predicted molar refractivity (Wildman–Crippen MR) is 50.7 cm³/mol. The number of fused-ring (bicyclic) bond motifs is 1. The summed E-state index contributed by atoms with van der Waals surface area (Å²) in [5.41, 5.74) is 0. The summed E-state index contributed by atoms with van der Waals surface area (Å²) in [6, 6.07) is 2.69. The highest BCUT2D eigenvalue weighted by molar-refractivity contribution is 7.86. The van der Waals surface area contributed by atoms with E-state index >= 15 is 0 Å². The SMILES string of the molecule is O=S(=O)(F)c1c(Cl)ccc2c1OCCO2. The molecule has 0 radical (unpaired) electrons. The first-order valence-electron chi connectivity index (χ1n) is 4.03. The zero-order valence-corrected chi connectivity index (χ0v) is 8.94. The molecule has 1 aliphatic heterocycles. The molecule has 0 saturated heterocycles. The third kappa shape index (κ3) is 1.87. The van der Waals surface area contributed by atoms with Gasteiger partial charge in [0.1, 0.15) is 13.2 Å². The summed E-state index contributed by atoms with van der Waals surface area (Å²) in [6.45, 7) is 0.455. The van der Waals surface area contributed by atoms with Gasteiger partial charge in [0, 0.05) is 0 Å². The van der Waals surface area contributed by atoms with Crippen LogP contribution >= 0.6 is 11.6 Å². The van der Waals surface area contributed by atoms with Crippen LogP contribution in [0.4, 0.5) is 3.89 Å². The highest BCUT2D eigenvalue weighted by Crippen LogP contribution is 2.41. The minimum atomic E-state index is -4.91. The van der Waals surface area contributed by atoms with Gasteiger partial charge in [-0.25, -0.2) is 0 Å². The lowest BCUT2D eigenvalue weighted by Crippen LogP contribution is -2.17. The fourth-order valence-corrected chi connectivity index (χ4v) is 2.40. The third-order valence-corrected chi connectivity index (χ3v) is 3.18. The normalized spacial score (nSPS) is 15.1. The van der Waals surface area contributed by atoms with E-state index in [1.54, 1.807) is 0 Å². The highest BCUT2D eigenvalue weighted by Gasteiger charge is 2.28. The number of hydrogen-bond acceptors (Lipinski definition) is 4. The van der Waals surface area contributed by atoms with Crippen LogP contribution in [0.1, 0.15) is 0 Å². The molecule has 82 valence electrons. The molecule has 0 N–H and O–H groups in total. The van der Waals surface area contributed by atoms with Crippen LogP contribution in [0.2, 0.25) is 5.02 Å². The maximum Gasteiger partial charge on any atom is 0.337 e.